The molecular weight excluding hydrogens is 418 g/mol. The summed E-state index contributed by atoms with van der Waals surface area (Å²) in [4.78, 5) is 30.0. The molecule has 7 nitrogen and oxygen atoms in total. The standard InChI is InChI=1S/C20H22ClNO6S/c1-2-29(25,26)16-7-6-11(10-13-14(23)4-3-5-15(13)24)18(21)17(16)19-12-8-9-27-20(12)28-22-19/h6-7,13,20,22H,2-5,8-10H2,1H3. The van der Waals surface area contributed by atoms with E-state index in [4.69, 9.17) is 21.2 Å². The van der Waals surface area contributed by atoms with E-state index in [1.54, 1.807) is 13.0 Å². The molecule has 1 unspecified atom stereocenters. The van der Waals surface area contributed by atoms with Crippen LogP contribution >= 0.6 is 11.6 Å². The summed E-state index contributed by atoms with van der Waals surface area (Å²) in [7, 11) is -3.58. The Kier molecular flexibility index (Phi) is 5.54. The fourth-order valence-electron chi connectivity index (χ4n) is 4.05. The molecule has 1 aromatic rings. The van der Waals surface area contributed by atoms with Crippen molar-refractivity contribution in [2.45, 2.75) is 50.2 Å². The minimum Gasteiger partial charge on any atom is -0.346 e. The van der Waals surface area contributed by atoms with Crippen molar-refractivity contribution in [1.29, 1.82) is 0 Å². The predicted octanol–water partition coefficient (Wildman–Crippen LogP) is 2.61. The van der Waals surface area contributed by atoms with Crippen molar-refractivity contribution in [3.63, 3.8) is 0 Å². The Hall–Kier alpha value is -1.74. The van der Waals surface area contributed by atoms with Crippen molar-refractivity contribution >= 4 is 38.7 Å². The van der Waals surface area contributed by atoms with Crippen molar-refractivity contribution in [2.24, 2.45) is 5.92 Å². The molecule has 0 amide bonds. The van der Waals surface area contributed by atoms with E-state index in [0.29, 0.717) is 49.1 Å². The van der Waals surface area contributed by atoms with Gasteiger partial charge in [0, 0.05) is 24.0 Å². The number of nitrogens with one attached hydrogen (secondary N) is 1. The molecule has 1 aliphatic carbocycles. The van der Waals surface area contributed by atoms with Crippen molar-refractivity contribution in [3.05, 3.63) is 33.9 Å². The summed E-state index contributed by atoms with van der Waals surface area (Å²) in [6.45, 7) is 2.04. The molecule has 2 aliphatic heterocycles. The SMILES string of the molecule is CCS(=O)(=O)c1ccc(CC2C(=O)CCCC2=O)c(Cl)c1C1=C2CCOC2ON1. The molecule has 1 saturated carbocycles. The third kappa shape index (κ3) is 3.63. The molecule has 0 spiro atoms. The predicted molar refractivity (Wildman–Crippen MR) is 106 cm³/mol. The van der Waals surface area contributed by atoms with Gasteiger partial charge in [0.2, 0.25) is 6.29 Å². The summed E-state index contributed by atoms with van der Waals surface area (Å²) < 4.78 is 31.0. The number of halogens is 1. The van der Waals surface area contributed by atoms with Crippen LogP contribution in [0.15, 0.2) is 22.6 Å². The van der Waals surface area contributed by atoms with Crippen LogP contribution in [-0.2, 0) is 35.4 Å². The Bertz CT molecular complexity index is 1000. The topological polar surface area (TPSA) is 98.8 Å². The quantitative estimate of drug-likeness (QED) is 0.704. The molecule has 9 heteroatoms. The van der Waals surface area contributed by atoms with E-state index in [0.717, 1.165) is 5.57 Å². The van der Waals surface area contributed by atoms with Crippen molar-refractivity contribution in [1.82, 2.24) is 5.48 Å². The smallest absolute Gasteiger partial charge is 0.208 e. The van der Waals surface area contributed by atoms with E-state index in [-0.39, 0.29) is 33.7 Å². The number of Topliss-reactive ketones (excluding diaryl/α,β-unsaturated/α-hetero) is 2. The lowest BCUT2D eigenvalue weighted by atomic mass is 9.82. The number of benzene rings is 1. The zero-order valence-corrected chi connectivity index (χ0v) is 17.6. The first-order valence-corrected chi connectivity index (χ1v) is 11.7. The van der Waals surface area contributed by atoms with Gasteiger partial charge in [0.05, 0.1) is 33.9 Å². The number of carbonyl (C=O) groups is 2. The second-order valence-electron chi connectivity index (χ2n) is 7.43. The highest BCUT2D eigenvalue weighted by molar-refractivity contribution is 7.91. The number of ketones is 2. The van der Waals surface area contributed by atoms with E-state index in [9.17, 15) is 18.0 Å². The van der Waals surface area contributed by atoms with Gasteiger partial charge in [-0.25, -0.2) is 13.3 Å². The van der Waals surface area contributed by atoms with Gasteiger partial charge in [-0.3, -0.25) is 15.1 Å². The summed E-state index contributed by atoms with van der Waals surface area (Å²) in [5.41, 5.74) is 4.97. The van der Waals surface area contributed by atoms with Crippen molar-refractivity contribution in [3.8, 4) is 0 Å². The number of hydrogen-bond donors (Lipinski definition) is 1. The van der Waals surface area contributed by atoms with Gasteiger partial charge in [-0.05, 0) is 30.9 Å². The Morgan fingerprint density at radius 2 is 1.90 bits per heavy atom. The maximum Gasteiger partial charge on any atom is 0.208 e. The molecule has 1 atom stereocenters. The van der Waals surface area contributed by atoms with Gasteiger partial charge in [0.1, 0.15) is 11.6 Å². The van der Waals surface area contributed by atoms with Crippen LogP contribution in [-0.4, -0.2) is 38.6 Å². The minimum atomic E-state index is -3.58. The number of ether oxygens (including phenoxy) is 1. The molecular formula is C20H22ClNO6S. The Labute approximate surface area is 174 Å². The molecule has 156 valence electrons. The van der Waals surface area contributed by atoms with E-state index in [2.05, 4.69) is 5.48 Å². The second-order valence-corrected chi connectivity index (χ2v) is 10.1. The van der Waals surface area contributed by atoms with Crippen LogP contribution in [0.4, 0.5) is 0 Å². The van der Waals surface area contributed by atoms with Crippen LogP contribution in [0.25, 0.3) is 5.70 Å². The Balaban J connectivity index is 1.83. The molecule has 0 aromatic heterocycles. The highest BCUT2D eigenvalue weighted by Gasteiger charge is 2.37. The van der Waals surface area contributed by atoms with E-state index < -0.39 is 22.0 Å². The van der Waals surface area contributed by atoms with Gasteiger partial charge >= 0.3 is 0 Å². The lowest BCUT2D eigenvalue weighted by Gasteiger charge is -2.21. The first-order valence-electron chi connectivity index (χ1n) is 9.69. The van der Waals surface area contributed by atoms with Crippen LogP contribution < -0.4 is 5.48 Å². The molecule has 0 bridgehead atoms. The molecule has 4 rings (SSSR count). The summed E-state index contributed by atoms with van der Waals surface area (Å²) in [5, 5.41) is 0.219. The average Bonchev–Trinajstić information content (AvgIpc) is 3.30. The van der Waals surface area contributed by atoms with Crippen LogP contribution in [0.2, 0.25) is 5.02 Å². The van der Waals surface area contributed by atoms with E-state index >= 15 is 0 Å². The van der Waals surface area contributed by atoms with Gasteiger partial charge in [-0.2, -0.15) is 0 Å². The Morgan fingerprint density at radius 1 is 1.17 bits per heavy atom. The molecule has 0 radical (unpaired) electrons. The van der Waals surface area contributed by atoms with Crippen LogP contribution in [0, 0.1) is 5.92 Å². The highest BCUT2D eigenvalue weighted by atomic mass is 35.5. The molecule has 29 heavy (non-hydrogen) atoms. The third-order valence-corrected chi connectivity index (χ3v) is 7.91. The normalized spacial score (nSPS) is 22.9. The molecule has 2 heterocycles. The van der Waals surface area contributed by atoms with Crippen LogP contribution in [0.1, 0.15) is 43.7 Å². The van der Waals surface area contributed by atoms with E-state index in [1.165, 1.54) is 6.07 Å². The lowest BCUT2D eigenvalue weighted by molar-refractivity contribution is -0.135. The Morgan fingerprint density at radius 3 is 2.59 bits per heavy atom. The molecule has 1 N–H and O–H groups in total. The van der Waals surface area contributed by atoms with Gasteiger partial charge in [-0.1, -0.05) is 24.6 Å². The lowest BCUT2D eigenvalue weighted by Crippen LogP contribution is -2.30. The number of carbonyl (C=O) groups excluding carboxylic acids is 2. The number of sulfone groups is 1. The van der Waals surface area contributed by atoms with Gasteiger partial charge < -0.3 is 4.74 Å². The van der Waals surface area contributed by atoms with Crippen LogP contribution in [0.3, 0.4) is 0 Å². The highest BCUT2D eigenvalue weighted by Crippen LogP contribution is 2.41. The van der Waals surface area contributed by atoms with Gasteiger partial charge in [0.15, 0.2) is 9.84 Å². The van der Waals surface area contributed by atoms with Crippen molar-refractivity contribution < 1.29 is 27.6 Å². The van der Waals surface area contributed by atoms with Crippen LogP contribution in [0.5, 0.6) is 0 Å². The molecule has 1 aromatic carbocycles. The van der Waals surface area contributed by atoms with Gasteiger partial charge in [-0.15, -0.1) is 0 Å². The molecule has 3 aliphatic rings. The van der Waals surface area contributed by atoms with Crippen molar-refractivity contribution in [2.75, 3.05) is 12.4 Å². The zero-order chi connectivity index (χ0) is 20.8. The van der Waals surface area contributed by atoms with E-state index in [1.807, 2.05) is 0 Å². The molecule has 2 fully saturated rings. The minimum absolute atomic E-state index is 0.0847. The first kappa shape index (κ1) is 20.5. The largest absolute Gasteiger partial charge is 0.346 e. The summed E-state index contributed by atoms with van der Waals surface area (Å²) in [6.07, 6.45) is 1.54. The summed E-state index contributed by atoms with van der Waals surface area (Å²) in [5.74, 6) is -0.982. The summed E-state index contributed by atoms with van der Waals surface area (Å²) >= 11 is 6.70. The molecule has 1 saturated heterocycles. The fraction of sp³-hybridized carbons (Fsp3) is 0.500. The van der Waals surface area contributed by atoms with Gasteiger partial charge in [0.25, 0.3) is 0 Å². The average molecular weight is 440 g/mol. The number of hydrogen-bond acceptors (Lipinski definition) is 7. The third-order valence-electron chi connectivity index (χ3n) is 5.71. The zero-order valence-electron chi connectivity index (χ0n) is 16.0. The maximum absolute atomic E-state index is 12.7. The first-order chi connectivity index (χ1) is 13.8. The monoisotopic (exact) mass is 439 g/mol. The maximum atomic E-state index is 12.7. The number of fused-ring (bicyclic) bond motifs is 1. The second kappa shape index (κ2) is 7.83. The fourth-order valence-corrected chi connectivity index (χ4v) is 5.55. The summed E-state index contributed by atoms with van der Waals surface area (Å²) in [6, 6.07) is 3.11. The number of hydroxylamine groups is 1. The number of rotatable bonds is 5.